The van der Waals surface area contributed by atoms with Crippen molar-refractivity contribution >= 4 is 17.7 Å². The average molecular weight is 234 g/mol. The zero-order chi connectivity index (χ0) is 12.3. The first-order chi connectivity index (χ1) is 8.18. The van der Waals surface area contributed by atoms with E-state index in [-0.39, 0.29) is 12.5 Å². The molecule has 0 aromatic heterocycles. The minimum absolute atomic E-state index is 0.0759. The molecule has 0 spiro atoms. The van der Waals surface area contributed by atoms with Gasteiger partial charge in [-0.15, -0.1) is 0 Å². The van der Waals surface area contributed by atoms with Crippen LogP contribution in [0.1, 0.15) is 12.0 Å². The summed E-state index contributed by atoms with van der Waals surface area (Å²) >= 11 is 0. The van der Waals surface area contributed by atoms with Crippen molar-refractivity contribution < 1.29 is 14.7 Å². The van der Waals surface area contributed by atoms with Gasteiger partial charge in [0.1, 0.15) is 0 Å². The van der Waals surface area contributed by atoms with Gasteiger partial charge in [-0.25, -0.2) is 4.79 Å². The number of urea groups is 1. The molecule has 0 aliphatic carbocycles. The number of aliphatic carboxylic acids is 1. The standard InChI is InChI=1S/C12H14N2O3/c15-11(16)6-5-9-3-1-2-4-10(9)14-8-7-13-12(14)17/h1-4H,5-8H2,(H,13,17)(H,15,16). The van der Waals surface area contributed by atoms with Crippen LogP contribution in [0.5, 0.6) is 0 Å². The maximum Gasteiger partial charge on any atom is 0.322 e. The molecule has 1 fully saturated rings. The molecule has 1 aliphatic rings. The molecule has 0 radical (unpaired) electrons. The van der Waals surface area contributed by atoms with Gasteiger partial charge in [-0.2, -0.15) is 0 Å². The SMILES string of the molecule is O=C(O)CCc1ccccc1N1CCNC1=O. The monoisotopic (exact) mass is 234 g/mol. The minimum Gasteiger partial charge on any atom is -0.481 e. The third-order valence-electron chi connectivity index (χ3n) is 2.75. The van der Waals surface area contributed by atoms with Gasteiger partial charge in [-0.1, -0.05) is 18.2 Å². The second-order valence-corrected chi connectivity index (χ2v) is 3.91. The van der Waals surface area contributed by atoms with Crippen molar-refractivity contribution in [1.29, 1.82) is 0 Å². The lowest BCUT2D eigenvalue weighted by Crippen LogP contribution is -2.28. The smallest absolute Gasteiger partial charge is 0.322 e. The van der Waals surface area contributed by atoms with Crippen LogP contribution in [0.4, 0.5) is 10.5 Å². The summed E-state index contributed by atoms with van der Waals surface area (Å²) in [4.78, 5) is 23.8. The van der Waals surface area contributed by atoms with E-state index < -0.39 is 5.97 Å². The van der Waals surface area contributed by atoms with E-state index in [1.807, 2.05) is 24.3 Å². The summed E-state index contributed by atoms with van der Waals surface area (Å²) in [5, 5.41) is 11.4. The summed E-state index contributed by atoms with van der Waals surface area (Å²) in [6, 6.07) is 7.30. The third kappa shape index (κ3) is 2.55. The molecule has 5 heteroatoms. The molecular formula is C12H14N2O3. The molecule has 5 nitrogen and oxygen atoms in total. The van der Waals surface area contributed by atoms with Crippen molar-refractivity contribution in [2.45, 2.75) is 12.8 Å². The molecule has 2 amide bonds. The van der Waals surface area contributed by atoms with Crippen molar-refractivity contribution in [3.05, 3.63) is 29.8 Å². The van der Waals surface area contributed by atoms with Crippen molar-refractivity contribution in [2.24, 2.45) is 0 Å². The van der Waals surface area contributed by atoms with Crippen LogP contribution in [0.15, 0.2) is 24.3 Å². The van der Waals surface area contributed by atoms with E-state index in [4.69, 9.17) is 5.11 Å². The van der Waals surface area contributed by atoms with E-state index >= 15 is 0 Å². The Hall–Kier alpha value is -2.04. The largest absolute Gasteiger partial charge is 0.481 e. The molecule has 1 aromatic rings. The Morgan fingerprint density at radius 1 is 1.41 bits per heavy atom. The molecule has 0 unspecified atom stereocenters. The topological polar surface area (TPSA) is 69.6 Å². The second kappa shape index (κ2) is 4.86. The lowest BCUT2D eigenvalue weighted by molar-refractivity contribution is -0.136. The predicted molar refractivity (Wildman–Crippen MR) is 63.1 cm³/mol. The Morgan fingerprint density at radius 3 is 2.82 bits per heavy atom. The van der Waals surface area contributed by atoms with Gasteiger partial charge < -0.3 is 10.4 Å². The van der Waals surface area contributed by atoms with Crippen molar-refractivity contribution in [2.75, 3.05) is 18.0 Å². The zero-order valence-corrected chi connectivity index (χ0v) is 9.35. The molecule has 0 atom stereocenters. The molecule has 1 aromatic carbocycles. The number of rotatable bonds is 4. The number of carboxylic acid groups (broad SMARTS) is 1. The van der Waals surface area contributed by atoms with Crippen LogP contribution in [-0.2, 0) is 11.2 Å². The fourth-order valence-electron chi connectivity index (χ4n) is 1.93. The maximum absolute atomic E-state index is 11.6. The van der Waals surface area contributed by atoms with Gasteiger partial charge in [0.2, 0.25) is 0 Å². The molecular weight excluding hydrogens is 220 g/mol. The van der Waals surface area contributed by atoms with Crippen LogP contribution < -0.4 is 10.2 Å². The zero-order valence-electron chi connectivity index (χ0n) is 9.35. The van der Waals surface area contributed by atoms with E-state index in [1.54, 1.807) is 4.90 Å². The number of hydrogen-bond donors (Lipinski definition) is 2. The van der Waals surface area contributed by atoms with Crippen molar-refractivity contribution in [3.8, 4) is 0 Å². The highest BCUT2D eigenvalue weighted by atomic mass is 16.4. The Bertz CT molecular complexity index is 445. The van der Waals surface area contributed by atoms with Crippen LogP contribution in [-0.4, -0.2) is 30.2 Å². The molecule has 2 N–H and O–H groups in total. The normalized spacial score (nSPS) is 14.8. The Kier molecular flexibility index (Phi) is 3.27. The fraction of sp³-hybridized carbons (Fsp3) is 0.333. The van der Waals surface area contributed by atoms with Gasteiger partial charge in [0, 0.05) is 25.2 Å². The van der Waals surface area contributed by atoms with Gasteiger partial charge in [0.15, 0.2) is 0 Å². The van der Waals surface area contributed by atoms with E-state index in [0.29, 0.717) is 19.5 Å². The lowest BCUT2D eigenvalue weighted by atomic mass is 10.1. The molecule has 0 saturated carbocycles. The summed E-state index contributed by atoms with van der Waals surface area (Å²) in [5.41, 5.74) is 1.70. The predicted octanol–water partition coefficient (Wildman–Crippen LogP) is 1.23. The van der Waals surface area contributed by atoms with Gasteiger partial charge in [-0.3, -0.25) is 9.69 Å². The number of benzene rings is 1. The number of para-hydroxylation sites is 1. The molecule has 0 bridgehead atoms. The summed E-state index contributed by atoms with van der Waals surface area (Å²) in [7, 11) is 0. The van der Waals surface area contributed by atoms with Crippen LogP contribution in [0, 0.1) is 0 Å². The number of anilines is 1. The number of nitrogens with zero attached hydrogens (tertiary/aromatic N) is 1. The number of aryl methyl sites for hydroxylation is 1. The Morgan fingerprint density at radius 2 is 2.18 bits per heavy atom. The molecule has 1 saturated heterocycles. The Balaban J connectivity index is 2.20. The molecule has 1 heterocycles. The second-order valence-electron chi connectivity index (χ2n) is 3.91. The summed E-state index contributed by atoms with van der Waals surface area (Å²) in [6.45, 7) is 1.26. The highest BCUT2D eigenvalue weighted by molar-refractivity contribution is 5.94. The number of nitrogens with one attached hydrogen (secondary N) is 1. The number of amides is 2. The summed E-state index contributed by atoms with van der Waals surface area (Å²) < 4.78 is 0. The highest BCUT2D eigenvalue weighted by Crippen LogP contribution is 2.23. The highest BCUT2D eigenvalue weighted by Gasteiger charge is 2.22. The van der Waals surface area contributed by atoms with Crippen LogP contribution >= 0.6 is 0 Å². The number of carboxylic acids is 1. The van der Waals surface area contributed by atoms with E-state index in [0.717, 1.165) is 11.3 Å². The average Bonchev–Trinajstić information content (AvgIpc) is 2.73. The minimum atomic E-state index is -0.828. The van der Waals surface area contributed by atoms with Crippen LogP contribution in [0.3, 0.4) is 0 Å². The van der Waals surface area contributed by atoms with Crippen molar-refractivity contribution in [1.82, 2.24) is 5.32 Å². The number of carbonyl (C=O) groups is 2. The lowest BCUT2D eigenvalue weighted by Gasteiger charge is -2.18. The third-order valence-corrected chi connectivity index (χ3v) is 2.75. The number of carbonyl (C=O) groups excluding carboxylic acids is 1. The van der Waals surface area contributed by atoms with Gasteiger partial charge in [0.05, 0.1) is 0 Å². The number of hydrogen-bond acceptors (Lipinski definition) is 2. The van der Waals surface area contributed by atoms with Gasteiger partial charge >= 0.3 is 12.0 Å². The maximum atomic E-state index is 11.6. The Labute approximate surface area is 99.0 Å². The summed E-state index contributed by atoms with van der Waals surface area (Å²) in [6.07, 6.45) is 0.516. The van der Waals surface area contributed by atoms with E-state index in [9.17, 15) is 9.59 Å². The summed E-state index contributed by atoms with van der Waals surface area (Å²) in [5.74, 6) is -0.828. The van der Waals surface area contributed by atoms with E-state index in [1.165, 1.54) is 0 Å². The van der Waals surface area contributed by atoms with Gasteiger partial charge in [0.25, 0.3) is 0 Å². The van der Waals surface area contributed by atoms with E-state index in [2.05, 4.69) is 5.32 Å². The van der Waals surface area contributed by atoms with Crippen LogP contribution in [0.2, 0.25) is 0 Å². The first-order valence-corrected chi connectivity index (χ1v) is 5.53. The van der Waals surface area contributed by atoms with Crippen molar-refractivity contribution in [3.63, 3.8) is 0 Å². The van der Waals surface area contributed by atoms with Crippen LogP contribution in [0.25, 0.3) is 0 Å². The first-order valence-electron chi connectivity index (χ1n) is 5.53. The molecule has 2 rings (SSSR count). The molecule has 17 heavy (non-hydrogen) atoms. The molecule has 1 aliphatic heterocycles. The molecule has 90 valence electrons. The fourth-order valence-corrected chi connectivity index (χ4v) is 1.93. The first kappa shape index (κ1) is 11.4. The van der Waals surface area contributed by atoms with Gasteiger partial charge in [-0.05, 0) is 18.1 Å². The quantitative estimate of drug-likeness (QED) is 0.823.